The summed E-state index contributed by atoms with van der Waals surface area (Å²) in [5.74, 6) is -1.81. The molecule has 2 aromatic rings. The number of carbonyl (C=O) groups excluding carboxylic acids is 1. The van der Waals surface area contributed by atoms with Crippen LogP contribution in [-0.2, 0) is 16.0 Å². The third-order valence-electron chi connectivity index (χ3n) is 3.31. The van der Waals surface area contributed by atoms with E-state index in [4.69, 9.17) is 0 Å². The Morgan fingerprint density at radius 2 is 1.96 bits per heavy atom. The van der Waals surface area contributed by atoms with Gasteiger partial charge in [-0.1, -0.05) is 30.3 Å². The topological polar surface area (TPSA) is 85.6 Å². The lowest BCUT2D eigenvalue weighted by Crippen LogP contribution is -2.32. The summed E-state index contributed by atoms with van der Waals surface area (Å²) in [6.45, 7) is 0. The van der Waals surface area contributed by atoms with Gasteiger partial charge in [0.05, 0.1) is 17.1 Å². The molecule has 0 aliphatic rings. The Bertz CT molecular complexity index is 785. The molecular weight excluding hydrogens is 366 g/mol. The molecule has 0 saturated heterocycles. The summed E-state index contributed by atoms with van der Waals surface area (Å²) < 4.78 is 5.75. The van der Waals surface area contributed by atoms with Crippen molar-refractivity contribution in [2.45, 2.75) is 12.5 Å². The summed E-state index contributed by atoms with van der Waals surface area (Å²) in [6.07, 6.45) is 1.33. The monoisotopic (exact) mass is 379 g/mol. The predicted octanol–water partition coefficient (Wildman–Crippen LogP) is 2.27. The molecule has 0 bridgehead atoms. The highest BCUT2D eigenvalue weighted by molar-refractivity contribution is 9.10. The first-order valence-electron chi connectivity index (χ1n) is 6.70. The van der Waals surface area contributed by atoms with Gasteiger partial charge in [-0.25, -0.2) is 9.59 Å². The van der Waals surface area contributed by atoms with Crippen molar-refractivity contribution in [3.05, 3.63) is 68.5 Å². The van der Waals surface area contributed by atoms with Crippen LogP contribution in [0, 0.1) is 0 Å². The summed E-state index contributed by atoms with van der Waals surface area (Å²) in [6, 6.07) is 9.13. The highest BCUT2D eigenvalue weighted by Gasteiger charge is 2.23. The van der Waals surface area contributed by atoms with E-state index in [-0.39, 0.29) is 16.5 Å². The lowest BCUT2D eigenvalue weighted by Gasteiger charge is -2.17. The van der Waals surface area contributed by atoms with Gasteiger partial charge in [0.2, 0.25) is 0 Å². The van der Waals surface area contributed by atoms with Crippen molar-refractivity contribution >= 4 is 27.9 Å². The van der Waals surface area contributed by atoms with E-state index in [1.807, 2.05) is 6.07 Å². The second-order valence-corrected chi connectivity index (χ2v) is 5.68. The van der Waals surface area contributed by atoms with Gasteiger partial charge in [0.15, 0.2) is 0 Å². The lowest BCUT2D eigenvalue weighted by molar-refractivity contribution is -0.141. The van der Waals surface area contributed by atoms with Crippen LogP contribution in [0.25, 0.3) is 0 Å². The number of halogens is 1. The van der Waals surface area contributed by atoms with Gasteiger partial charge in [-0.3, -0.25) is 9.36 Å². The Hall–Kier alpha value is -2.41. The maximum atomic E-state index is 12.3. The van der Waals surface area contributed by atoms with Crippen molar-refractivity contribution in [3.63, 3.8) is 0 Å². The summed E-state index contributed by atoms with van der Waals surface area (Å²) >= 11 is 3.06. The molecule has 1 atom stereocenters. The summed E-state index contributed by atoms with van der Waals surface area (Å²) in [5, 5.41) is 9.50. The maximum absolute atomic E-state index is 12.3. The molecular formula is C16H14BrNO5. The van der Waals surface area contributed by atoms with E-state index < -0.39 is 23.5 Å². The maximum Gasteiger partial charge on any atom is 0.339 e. The lowest BCUT2D eigenvalue weighted by atomic mass is 10.1. The normalized spacial score (nSPS) is 11.7. The molecule has 6 nitrogen and oxygen atoms in total. The first-order valence-corrected chi connectivity index (χ1v) is 7.50. The van der Waals surface area contributed by atoms with Crippen LogP contribution in [0.4, 0.5) is 0 Å². The first-order chi connectivity index (χ1) is 10.9. The minimum absolute atomic E-state index is 0.0956. The molecule has 0 amide bonds. The molecule has 1 N–H and O–H groups in total. The van der Waals surface area contributed by atoms with Crippen molar-refractivity contribution in [2.75, 3.05) is 7.11 Å². The molecule has 0 fully saturated rings. The Kier molecular flexibility index (Phi) is 5.33. The number of methoxy groups -OCH3 is 1. The van der Waals surface area contributed by atoms with E-state index >= 15 is 0 Å². The molecule has 7 heteroatoms. The molecule has 1 heterocycles. The number of aromatic nitrogens is 1. The Morgan fingerprint density at radius 1 is 1.30 bits per heavy atom. The van der Waals surface area contributed by atoms with Crippen LogP contribution in [0.5, 0.6) is 0 Å². The third kappa shape index (κ3) is 3.87. The predicted molar refractivity (Wildman–Crippen MR) is 86.6 cm³/mol. The van der Waals surface area contributed by atoms with Crippen LogP contribution in [0.3, 0.4) is 0 Å². The molecule has 0 saturated carbocycles. The van der Waals surface area contributed by atoms with Crippen LogP contribution < -0.4 is 5.56 Å². The summed E-state index contributed by atoms with van der Waals surface area (Å²) in [7, 11) is 1.21. The molecule has 120 valence electrons. The van der Waals surface area contributed by atoms with Crippen molar-refractivity contribution in [1.82, 2.24) is 4.57 Å². The number of esters is 1. The summed E-state index contributed by atoms with van der Waals surface area (Å²) in [5.41, 5.74) is 0.339. The number of hydrogen-bond acceptors (Lipinski definition) is 4. The van der Waals surface area contributed by atoms with E-state index in [9.17, 15) is 19.5 Å². The van der Waals surface area contributed by atoms with E-state index in [1.54, 1.807) is 24.3 Å². The second-order valence-electron chi connectivity index (χ2n) is 4.82. The minimum Gasteiger partial charge on any atom is -0.480 e. The number of carboxylic acids is 1. The number of carbonyl (C=O) groups is 2. The van der Waals surface area contributed by atoms with Gasteiger partial charge >= 0.3 is 11.9 Å². The minimum atomic E-state index is -1.16. The Balaban J connectivity index is 2.51. The average molecular weight is 380 g/mol. The largest absolute Gasteiger partial charge is 0.480 e. The number of hydrogen-bond donors (Lipinski definition) is 1. The zero-order valence-electron chi connectivity index (χ0n) is 12.2. The van der Waals surface area contributed by atoms with Crippen molar-refractivity contribution in [2.24, 2.45) is 0 Å². The quantitative estimate of drug-likeness (QED) is 0.805. The number of ether oxygens (including phenoxy) is 1. The SMILES string of the molecule is COC(=O)c1cc(Br)c(=O)n([C@H](Cc2ccccc2)C(=O)O)c1. The molecule has 23 heavy (non-hydrogen) atoms. The van der Waals surface area contributed by atoms with Crippen LogP contribution in [0.1, 0.15) is 22.0 Å². The first kappa shape index (κ1) is 17.0. The van der Waals surface area contributed by atoms with Gasteiger partial charge < -0.3 is 9.84 Å². The van der Waals surface area contributed by atoms with Gasteiger partial charge in [0.25, 0.3) is 5.56 Å². The highest BCUT2D eigenvalue weighted by Crippen LogP contribution is 2.17. The molecule has 1 aromatic heterocycles. The fraction of sp³-hybridized carbons (Fsp3) is 0.188. The molecule has 2 rings (SSSR count). The molecule has 1 aromatic carbocycles. The van der Waals surface area contributed by atoms with Crippen LogP contribution >= 0.6 is 15.9 Å². The molecule has 0 unspecified atom stereocenters. The standard InChI is InChI=1S/C16H14BrNO5/c1-23-16(22)11-8-12(17)14(19)18(9-11)13(15(20)21)7-10-5-3-2-4-6-10/h2-6,8-9,13H,7H2,1H3,(H,20,21)/t13-/m1/s1. The molecule has 0 radical (unpaired) electrons. The molecule has 0 aliphatic carbocycles. The third-order valence-corrected chi connectivity index (χ3v) is 3.88. The van der Waals surface area contributed by atoms with Crippen LogP contribution in [0.15, 0.2) is 51.9 Å². The van der Waals surface area contributed by atoms with Gasteiger partial charge in [0, 0.05) is 12.6 Å². The molecule has 0 spiro atoms. The average Bonchev–Trinajstić information content (AvgIpc) is 2.55. The van der Waals surface area contributed by atoms with Crippen molar-refractivity contribution < 1.29 is 19.4 Å². The second kappa shape index (κ2) is 7.23. The molecule has 0 aliphatic heterocycles. The van der Waals surface area contributed by atoms with E-state index in [1.165, 1.54) is 19.4 Å². The zero-order chi connectivity index (χ0) is 17.0. The fourth-order valence-electron chi connectivity index (χ4n) is 2.17. The van der Waals surface area contributed by atoms with E-state index in [0.717, 1.165) is 10.1 Å². The number of benzene rings is 1. The number of carboxylic acid groups (broad SMARTS) is 1. The Labute approximate surface area is 140 Å². The number of nitrogens with zero attached hydrogens (tertiary/aromatic N) is 1. The van der Waals surface area contributed by atoms with Crippen molar-refractivity contribution in [1.29, 1.82) is 0 Å². The number of rotatable bonds is 5. The number of aliphatic carboxylic acids is 1. The van der Waals surface area contributed by atoms with Crippen LogP contribution in [-0.4, -0.2) is 28.7 Å². The van der Waals surface area contributed by atoms with Crippen molar-refractivity contribution in [3.8, 4) is 0 Å². The number of pyridine rings is 1. The van der Waals surface area contributed by atoms with E-state index in [0.29, 0.717) is 0 Å². The van der Waals surface area contributed by atoms with Gasteiger partial charge in [-0.15, -0.1) is 0 Å². The van der Waals surface area contributed by atoms with Gasteiger partial charge in [0.1, 0.15) is 6.04 Å². The van der Waals surface area contributed by atoms with E-state index in [2.05, 4.69) is 20.7 Å². The summed E-state index contributed by atoms with van der Waals surface area (Å²) in [4.78, 5) is 35.6. The fourth-order valence-corrected chi connectivity index (χ4v) is 2.62. The van der Waals surface area contributed by atoms with Gasteiger partial charge in [-0.05, 0) is 27.6 Å². The Morgan fingerprint density at radius 3 is 2.52 bits per heavy atom. The zero-order valence-corrected chi connectivity index (χ0v) is 13.8. The smallest absolute Gasteiger partial charge is 0.339 e. The van der Waals surface area contributed by atoms with Gasteiger partial charge in [-0.2, -0.15) is 0 Å². The van der Waals surface area contributed by atoms with Crippen LogP contribution in [0.2, 0.25) is 0 Å². The highest BCUT2D eigenvalue weighted by atomic mass is 79.9.